The lowest BCUT2D eigenvalue weighted by Crippen LogP contribution is -2.49. The predicted molar refractivity (Wildman–Crippen MR) is 71.1 cm³/mol. The van der Waals surface area contributed by atoms with Crippen molar-refractivity contribution in [3.63, 3.8) is 0 Å². The van der Waals surface area contributed by atoms with E-state index in [1.165, 1.54) is 6.07 Å². The van der Waals surface area contributed by atoms with Crippen LogP contribution in [0.2, 0.25) is 0 Å². The minimum Gasteiger partial charge on any atom is -0.392 e. The van der Waals surface area contributed by atoms with Crippen LogP contribution in [-0.2, 0) is 21.4 Å². The van der Waals surface area contributed by atoms with Gasteiger partial charge in [-0.25, -0.2) is 17.5 Å². The molecule has 0 amide bonds. The van der Waals surface area contributed by atoms with E-state index < -0.39 is 28.0 Å². The molecule has 1 saturated carbocycles. The van der Waals surface area contributed by atoms with Gasteiger partial charge in [-0.2, -0.15) is 0 Å². The number of aliphatic hydroxyl groups is 1. The fraction of sp³-hybridized carbons (Fsp3) is 0.538. The highest BCUT2D eigenvalue weighted by Gasteiger charge is 2.38. The summed E-state index contributed by atoms with van der Waals surface area (Å²) in [5.74, 6) is -0.626. The van der Waals surface area contributed by atoms with Gasteiger partial charge in [0.2, 0.25) is 10.0 Å². The quantitative estimate of drug-likeness (QED) is 0.827. The largest absolute Gasteiger partial charge is 0.392 e. The maximum Gasteiger partial charge on any atom is 0.240 e. The Morgan fingerprint density at radius 3 is 2.65 bits per heavy atom. The maximum absolute atomic E-state index is 13.3. The zero-order valence-corrected chi connectivity index (χ0v) is 12.0. The molecule has 0 radical (unpaired) electrons. The fourth-order valence-electron chi connectivity index (χ4n) is 2.17. The van der Waals surface area contributed by atoms with Gasteiger partial charge in [-0.05, 0) is 37.5 Å². The molecule has 0 spiro atoms. The van der Waals surface area contributed by atoms with Crippen LogP contribution in [0.5, 0.6) is 0 Å². The second kappa shape index (κ2) is 5.77. The van der Waals surface area contributed by atoms with Gasteiger partial charge < -0.3 is 9.84 Å². The molecule has 1 aliphatic carbocycles. The zero-order chi connectivity index (χ0) is 14.8. The Labute approximate surface area is 117 Å². The molecule has 0 atom stereocenters. The van der Waals surface area contributed by atoms with Crippen molar-refractivity contribution in [1.82, 2.24) is 4.72 Å². The highest BCUT2D eigenvalue weighted by molar-refractivity contribution is 7.89. The summed E-state index contributed by atoms with van der Waals surface area (Å²) >= 11 is 0. The Morgan fingerprint density at radius 1 is 1.45 bits per heavy atom. The highest BCUT2D eigenvalue weighted by atomic mass is 32.2. The van der Waals surface area contributed by atoms with Gasteiger partial charge in [0.25, 0.3) is 0 Å². The van der Waals surface area contributed by atoms with Crippen LogP contribution in [0, 0.1) is 5.82 Å². The fourth-order valence-corrected chi connectivity index (χ4v) is 3.34. The Morgan fingerprint density at radius 2 is 2.15 bits per heavy atom. The molecular formula is C13H18FNO4S. The Kier molecular flexibility index (Phi) is 4.43. The van der Waals surface area contributed by atoms with Crippen LogP contribution in [0.1, 0.15) is 24.8 Å². The first-order valence-corrected chi connectivity index (χ1v) is 7.85. The van der Waals surface area contributed by atoms with Gasteiger partial charge in [-0.15, -0.1) is 0 Å². The van der Waals surface area contributed by atoms with Crippen molar-refractivity contribution in [3.05, 3.63) is 29.6 Å². The van der Waals surface area contributed by atoms with E-state index in [1.54, 1.807) is 7.11 Å². The molecule has 0 aromatic heterocycles. The van der Waals surface area contributed by atoms with Crippen LogP contribution < -0.4 is 4.72 Å². The number of ether oxygens (including phenoxy) is 1. The molecule has 1 aromatic rings. The van der Waals surface area contributed by atoms with Gasteiger partial charge in [-0.1, -0.05) is 0 Å². The summed E-state index contributed by atoms with van der Waals surface area (Å²) in [5, 5.41) is 8.98. The SMILES string of the molecule is COC1(CNS(=O)(=O)c2ccc(F)c(CO)c2)CCC1. The molecule has 1 aliphatic rings. The molecule has 20 heavy (non-hydrogen) atoms. The Bertz CT molecular complexity index is 579. The Hall–Kier alpha value is -1.02. The van der Waals surface area contributed by atoms with E-state index in [0.29, 0.717) is 0 Å². The third-order valence-corrected chi connectivity index (χ3v) is 5.18. The Balaban J connectivity index is 2.14. The second-order valence-electron chi connectivity index (χ2n) is 4.98. The summed E-state index contributed by atoms with van der Waals surface area (Å²) in [6.07, 6.45) is 2.65. The zero-order valence-electron chi connectivity index (χ0n) is 11.2. The number of hydrogen-bond donors (Lipinski definition) is 2. The molecule has 112 valence electrons. The number of hydrogen-bond acceptors (Lipinski definition) is 4. The topological polar surface area (TPSA) is 75.6 Å². The molecule has 0 bridgehead atoms. The van der Waals surface area contributed by atoms with Crippen LogP contribution in [0.3, 0.4) is 0 Å². The number of aliphatic hydroxyl groups excluding tert-OH is 1. The highest BCUT2D eigenvalue weighted by Crippen LogP contribution is 2.34. The monoisotopic (exact) mass is 303 g/mol. The lowest BCUT2D eigenvalue weighted by atomic mass is 9.80. The lowest BCUT2D eigenvalue weighted by molar-refractivity contribution is -0.0659. The molecule has 0 heterocycles. The van der Waals surface area contributed by atoms with E-state index in [1.807, 2.05) is 0 Å². The minimum absolute atomic E-state index is 0.0435. The normalized spacial score (nSPS) is 17.8. The van der Waals surface area contributed by atoms with E-state index in [9.17, 15) is 12.8 Å². The number of sulfonamides is 1. The van der Waals surface area contributed by atoms with Crippen LogP contribution in [0.4, 0.5) is 4.39 Å². The first-order chi connectivity index (χ1) is 9.42. The van der Waals surface area contributed by atoms with E-state index >= 15 is 0 Å². The summed E-state index contributed by atoms with van der Waals surface area (Å²) in [5.41, 5.74) is -0.467. The van der Waals surface area contributed by atoms with E-state index in [0.717, 1.165) is 31.4 Å². The van der Waals surface area contributed by atoms with E-state index in [-0.39, 0.29) is 17.0 Å². The van der Waals surface area contributed by atoms with Crippen LogP contribution in [-0.4, -0.2) is 32.8 Å². The summed E-state index contributed by atoms with van der Waals surface area (Å²) in [6, 6.07) is 3.35. The summed E-state index contributed by atoms with van der Waals surface area (Å²) in [4.78, 5) is -0.0615. The average Bonchev–Trinajstić information content (AvgIpc) is 2.38. The van der Waals surface area contributed by atoms with Crippen molar-refractivity contribution < 1.29 is 22.7 Å². The number of nitrogens with one attached hydrogen (secondary N) is 1. The third kappa shape index (κ3) is 3.01. The molecule has 1 aromatic carbocycles. The van der Waals surface area contributed by atoms with Gasteiger partial charge in [0, 0.05) is 19.2 Å². The van der Waals surface area contributed by atoms with Gasteiger partial charge in [-0.3, -0.25) is 0 Å². The molecule has 5 nitrogen and oxygen atoms in total. The maximum atomic E-state index is 13.3. The average molecular weight is 303 g/mol. The molecular weight excluding hydrogens is 285 g/mol. The second-order valence-corrected chi connectivity index (χ2v) is 6.74. The minimum atomic E-state index is -3.74. The number of benzene rings is 1. The van der Waals surface area contributed by atoms with Gasteiger partial charge >= 0.3 is 0 Å². The third-order valence-electron chi connectivity index (χ3n) is 3.78. The summed E-state index contributed by atoms with van der Waals surface area (Å²) in [6.45, 7) is -0.352. The van der Waals surface area contributed by atoms with Crippen LogP contribution >= 0.6 is 0 Å². The standard InChI is InChI=1S/C13H18FNO4S/c1-19-13(5-2-6-13)9-15-20(17,18)11-3-4-12(14)10(7-11)8-16/h3-4,7,15-16H,2,5-6,8-9H2,1H3. The first-order valence-electron chi connectivity index (χ1n) is 6.36. The summed E-state index contributed by atoms with van der Waals surface area (Å²) in [7, 11) is -2.17. The number of rotatable bonds is 6. The van der Waals surface area contributed by atoms with Crippen LogP contribution in [0.15, 0.2) is 23.1 Å². The number of halogens is 1. The summed E-state index contributed by atoms with van der Waals surface area (Å²) < 4.78 is 45.4. The molecule has 0 saturated heterocycles. The first kappa shape index (κ1) is 15.4. The van der Waals surface area contributed by atoms with Crippen molar-refractivity contribution >= 4 is 10.0 Å². The smallest absolute Gasteiger partial charge is 0.240 e. The lowest BCUT2D eigenvalue weighted by Gasteiger charge is -2.40. The molecule has 7 heteroatoms. The predicted octanol–water partition coefficient (Wildman–Crippen LogP) is 1.17. The molecule has 0 aliphatic heterocycles. The molecule has 2 rings (SSSR count). The van der Waals surface area contributed by atoms with Crippen molar-refractivity contribution in [2.24, 2.45) is 0 Å². The van der Waals surface area contributed by atoms with E-state index in [4.69, 9.17) is 9.84 Å². The van der Waals surface area contributed by atoms with Crippen molar-refractivity contribution in [2.45, 2.75) is 36.4 Å². The molecule has 2 N–H and O–H groups in total. The van der Waals surface area contributed by atoms with Gasteiger partial charge in [0.05, 0.1) is 17.1 Å². The van der Waals surface area contributed by atoms with Crippen LogP contribution in [0.25, 0.3) is 0 Å². The molecule has 0 unspecified atom stereocenters. The van der Waals surface area contributed by atoms with Gasteiger partial charge in [0.1, 0.15) is 5.82 Å². The number of methoxy groups -OCH3 is 1. The van der Waals surface area contributed by atoms with Crippen molar-refractivity contribution in [2.75, 3.05) is 13.7 Å². The van der Waals surface area contributed by atoms with Crippen molar-refractivity contribution in [1.29, 1.82) is 0 Å². The molecule has 1 fully saturated rings. The van der Waals surface area contributed by atoms with E-state index in [2.05, 4.69) is 4.72 Å². The van der Waals surface area contributed by atoms with Crippen molar-refractivity contribution in [3.8, 4) is 0 Å². The van der Waals surface area contributed by atoms with Gasteiger partial charge in [0.15, 0.2) is 0 Å².